The molecule has 27 nitrogen and oxygen atoms in total. The molecule has 0 bridgehead atoms. The number of azide groups is 2. The van der Waals surface area contributed by atoms with Gasteiger partial charge >= 0.3 is 24.0 Å². The molecule has 6 aliphatic rings. The highest BCUT2D eigenvalue weighted by atomic mass is 19.1. The van der Waals surface area contributed by atoms with Gasteiger partial charge in [-0.1, -0.05) is 59.5 Å². The Bertz CT molecular complexity index is 3750. The summed E-state index contributed by atoms with van der Waals surface area (Å²) < 4.78 is 44.9. The lowest BCUT2D eigenvalue weighted by molar-refractivity contribution is -0.144. The van der Waals surface area contributed by atoms with Gasteiger partial charge in [-0.05, 0) is 202 Å². The minimum absolute atomic E-state index is 0.0186. The van der Waals surface area contributed by atoms with Gasteiger partial charge in [-0.2, -0.15) is 0 Å². The Balaban J connectivity index is 0.000000208. The number of hydrogen-bond donors (Lipinski definition) is 6. The molecule has 5 aliphatic heterocycles. The smallest absolute Gasteiger partial charge is 0.320 e. The molecule has 5 amide bonds. The number of aliphatic carboxylic acids is 1. The Morgan fingerprint density at radius 1 is 0.705 bits per heavy atom. The number of unbranched alkanes of at least 4 members (excludes halogenated alkanes) is 1. The first-order valence-electron chi connectivity index (χ1n) is 37.0. The zero-order valence-electron chi connectivity index (χ0n) is 60.2. The number of aromatic hydroxyl groups is 1. The molecule has 1 aliphatic carbocycles. The van der Waals surface area contributed by atoms with Crippen molar-refractivity contribution in [3.8, 4) is 11.5 Å². The molecule has 0 unspecified atom stereocenters. The van der Waals surface area contributed by atoms with Crippen molar-refractivity contribution in [3.05, 3.63) is 157 Å². The number of aliphatic hydroxyl groups is 1. The van der Waals surface area contributed by atoms with Crippen LogP contribution in [0.3, 0.4) is 0 Å². The van der Waals surface area contributed by atoms with Crippen LogP contribution in [-0.2, 0) is 60.8 Å². The number of ketones is 1. The van der Waals surface area contributed by atoms with Crippen LogP contribution in [0.25, 0.3) is 20.9 Å². The number of hydrogen-bond acceptors (Lipinski definition) is 17. The lowest BCUT2D eigenvalue weighted by Crippen LogP contribution is -2.36. The summed E-state index contributed by atoms with van der Waals surface area (Å²) in [5, 5.41) is 44.1. The number of phenolic OH excluding ortho intramolecular Hbond substituents is 1. The first-order valence-corrected chi connectivity index (χ1v) is 37.0. The molecule has 29 heteroatoms. The molecule has 3 aromatic carbocycles. The maximum absolute atomic E-state index is 15.2. The highest BCUT2D eigenvalue weighted by Gasteiger charge is 2.38. The van der Waals surface area contributed by atoms with Crippen LogP contribution in [0.4, 0.5) is 35.7 Å². The van der Waals surface area contributed by atoms with Crippen LogP contribution >= 0.6 is 0 Å². The normalized spacial score (nSPS) is 17.0. The molecule has 566 valence electrons. The molecule has 11 rings (SSSR count). The molecule has 105 heavy (non-hydrogen) atoms. The Morgan fingerprint density at radius 3 is 1.83 bits per heavy atom. The number of Topliss-reactive ketones (excluding diaryl/α,β-unsaturated/α-hetero) is 1. The number of carbonyl (C=O) groups excluding carboxylic acids is 5. The number of nitrogens with one attached hydrogen (secondary N) is 3. The van der Waals surface area contributed by atoms with Gasteiger partial charge in [-0.25, -0.2) is 28.3 Å². The van der Waals surface area contributed by atoms with Crippen molar-refractivity contribution < 1.29 is 67.1 Å². The number of amides is 5. The van der Waals surface area contributed by atoms with Gasteiger partial charge in [0.05, 0.1) is 38.1 Å². The van der Waals surface area contributed by atoms with E-state index in [4.69, 9.17) is 40.3 Å². The van der Waals surface area contributed by atoms with Gasteiger partial charge in [0.15, 0.2) is 23.1 Å². The lowest BCUT2D eigenvalue weighted by Gasteiger charge is -2.28. The number of pyridine rings is 2. The molecule has 4 fully saturated rings. The molecule has 2 atom stereocenters. The first-order chi connectivity index (χ1) is 51.0. The number of rotatable bonds is 33. The van der Waals surface area contributed by atoms with Crippen molar-refractivity contribution in [1.29, 1.82) is 0 Å². The Morgan fingerprint density at radius 2 is 1.29 bits per heavy atom. The zero-order valence-corrected chi connectivity index (χ0v) is 60.2. The molecule has 0 radical (unpaired) electrons. The summed E-state index contributed by atoms with van der Waals surface area (Å²) in [5.74, 6) is -0.382. The van der Waals surface area contributed by atoms with E-state index in [1.165, 1.54) is 59.2 Å². The third-order valence-corrected chi connectivity index (χ3v) is 19.4. The van der Waals surface area contributed by atoms with E-state index < -0.39 is 47.3 Å². The summed E-state index contributed by atoms with van der Waals surface area (Å²) in [6, 6.07) is 21.6. The van der Waals surface area contributed by atoms with E-state index in [0.717, 1.165) is 145 Å². The van der Waals surface area contributed by atoms with E-state index in [-0.39, 0.29) is 50.4 Å². The van der Waals surface area contributed by atoms with Crippen LogP contribution < -0.4 is 20.7 Å². The van der Waals surface area contributed by atoms with Crippen molar-refractivity contribution in [2.24, 2.45) is 22.1 Å². The molecule has 3 saturated heterocycles. The lowest BCUT2D eigenvalue weighted by atomic mass is 9.78. The summed E-state index contributed by atoms with van der Waals surface area (Å²) in [4.78, 5) is 95.3. The van der Waals surface area contributed by atoms with E-state index in [1.54, 1.807) is 52.0 Å². The number of carboxylic acids is 1. The average Bonchev–Trinajstić information content (AvgIpc) is 1.74. The summed E-state index contributed by atoms with van der Waals surface area (Å²) in [7, 11) is 0. The highest BCUT2D eigenvalue weighted by molar-refractivity contribution is 5.92. The maximum atomic E-state index is 15.2. The molecule has 1 saturated carbocycles. The van der Waals surface area contributed by atoms with Crippen LogP contribution in [0.1, 0.15) is 167 Å². The monoisotopic (exact) mass is 1450 g/mol. The minimum Gasteiger partial charge on any atom is -0.505 e. The Hall–Kier alpha value is -9.82. The second-order valence-electron chi connectivity index (χ2n) is 27.0. The van der Waals surface area contributed by atoms with Crippen molar-refractivity contribution in [3.63, 3.8) is 0 Å². The van der Waals surface area contributed by atoms with Crippen LogP contribution in [0.15, 0.2) is 95.2 Å². The number of carbonyl (C=O) groups is 6. The fourth-order valence-electron chi connectivity index (χ4n) is 13.8. The number of carboxylic acid groups (broad SMARTS) is 1. The van der Waals surface area contributed by atoms with Gasteiger partial charge in [-0.15, -0.1) is 0 Å². The topological polar surface area (TPSA) is 363 Å². The van der Waals surface area contributed by atoms with Gasteiger partial charge in [0, 0.05) is 125 Å². The second-order valence-corrected chi connectivity index (χ2v) is 27.0. The van der Waals surface area contributed by atoms with E-state index in [9.17, 15) is 43.4 Å². The number of fused-ring (bicyclic) bond motifs is 2. The third-order valence-electron chi connectivity index (χ3n) is 19.4. The first kappa shape index (κ1) is 80.9. The number of aliphatic hydroxyl groups excluding tert-OH is 1. The molecular formula is C76H101F2N15O12. The number of aromatic nitrogens is 2. The van der Waals surface area contributed by atoms with E-state index in [2.05, 4.69) is 54.2 Å². The molecule has 5 aromatic rings. The fraction of sp³-hybridized carbons (Fsp3) is 0.553. The number of halogens is 2. The zero-order chi connectivity index (χ0) is 74.7. The van der Waals surface area contributed by atoms with Crippen molar-refractivity contribution in [1.82, 2.24) is 29.6 Å². The molecule has 6 N–H and O–H groups in total. The summed E-state index contributed by atoms with van der Waals surface area (Å²) >= 11 is 0. The predicted octanol–water partition coefficient (Wildman–Crippen LogP) is 13.4. The number of benzene rings is 3. The van der Waals surface area contributed by atoms with Crippen molar-refractivity contribution in [2.45, 2.75) is 160 Å². The van der Waals surface area contributed by atoms with Crippen molar-refractivity contribution in [2.75, 3.05) is 114 Å². The van der Waals surface area contributed by atoms with Gasteiger partial charge < -0.3 is 65.1 Å². The van der Waals surface area contributed by atoms with E-state index >= 15 is 4.39 Å². The van der Waals surface area contributed by atoms with Gasteiger partial charge in [0.1, 0.15) is 24.0 Å². The molecule has 0 spiro atoms. The standard InChI is InChI=1S/C33H37FN8O5.C25H31FN4O4.C14H25N3O2.C4H8O/c34-27-19-24(8-12-29(27)47-18-13-22-5-9-26(10-6-22)38-30(43)21-37-40-35)28(20-31(44)45)42-17-16-41(33(42)46)15-2-4-25-11-7-23-3-1-14-36-32(23)39-25;1-2-34-23(32)16-21(18-8-10-22(31)20(26)15-18)30-14-13-29(25(30)33)12-4-6-19-9-7-17-5-3-11-27-24(17)28-19;15-17-16-9-2-1-3-14(19)11-13-6-4-12(5-7-13)8-10-18;1-2-4-5-3-1/h5-12,19,28H,1-4,13-18,20-21H2,(H,36,39)(H,38,43)(H,44,45);7-10,15,21,31H,2-6,11-14,16H2,1H3,(H,27,28);12-13,18H,1-11H2;1-4H2/t28-;21-;;/m00../s1. The summed E-state index contributed by atoms with van der Waals surface area (Å²) in [6.07, 6.45) is 18.3. The minimum atomic E-state index is -1.09. The van der Waals surface area contributed by atoms with E-state index in [1.807, 2.05) is 6.07 Å². The number of aryl methyl sites for hydroxylation is 4. The quantitative estimate of drug-likeness (QED) is 0.00747. The van der Waals surface area contributed by atoms with Gasteiger partial charge in [-0.3, -0.25) is 19.2 Å². The number of urea groups is 2. The summed E-state index contributed by atoms with van der Waals surface area (Å²) in [5.41, 5.74) is 23.1. The number of phenols is 1. The van der Waals surface area contributed by atoms with Gasteiger partial charge in [0.2, 0.25) is 5.91 Å². The third kappa shape index (κ3) is 26.4. The maximum Gasteiger partial charge on any atom is 0.320 e. The summed E-state index contributed by atoms with van der Waals surface area (Å²) in [6.45, 7) is 9.29. The fourth-order valence-corrected chi connectivity index (χ4v) is 13.8. The SMILES string of the molecule is C1CCOC1.CCOC(=O)C[C@@H](c1ccc(O)c(F)c1)N1CCN(CCCc2ccc3c(n2)NCCC3)C1=O.[N-]=[N+]=NCC(=O)Nc1ccc(CCOc2ccc([C@H](CC(=O)O)N3CCN(CCCc4ccc5c(n4)NCCC5)C3=O)cc2F)cc1.[N-]=[N+]=NCCCCC(=O)CC1CCC(CCO)CC1. The molecular weight excluding hydrogens is 1350 g/mol. The number of esters is 1. The van der Waals surface area contributed by atoms with Crippen LogP contribution in [0.5, 0.6) is 11.5 Å². The number of ether oxygens (including phenoxy) is 3. The highest BCUT2D eigenvalue weighted by Crippen LogP contribution is 2.36. The second kappa shape index (κ2) is 43.5. The largest absolute Gasteiger partial charge is 0.505 e. The Labute approximate surface area is 612 Å². The molecule has 2 aromatic heterocycles. The number of anilines is 3. The van der Waals surface area contributed by atoms with Crippen LogP contribution in [0.2, 0.25) is 0 Å². The average molecular weight is 1450 g/mol. The van der Waals surface area contributed by atoms with Crippen LogP contribution in [0, 0.1) is 23.5 Å². The number of nitrogens with zero attached hydrogens (tertiary/aromatic N) is 12. The van der Waals surface area contributed by atoms with E-state index in [0.29, 0.717) is 113 Å². The Kier molecular flexibility index (Phi) is 33.5. The molecule has 7 heterocycles. The van der Waals surface area contributed by atoms with Crippen molar-refractivity contribution >= 4 is 53.0 Å². The van der Waals surface area contributed by atoms with Crippen LogP contribution in [-0.4, -0.2) is 179 Å². The predicted molar refractivity (Wildman–Crippen MR) is 393 cm³/mol. The van der Waals surface area contributed by atoms with Gasteiger partial charge in [0.25, 0.3) is 0 Å².